The fourth-order valence-corrected chi connectivity index (χ4v) is 4.40. The van der Waals surface area contributed by atoms with Gasteiger partial charge in [-0.15, -0.1) is 0 Å². The zero-order valence-corrected chi connectivity index (χ0v) is 12.2. The van der Waals surface area contributed by atoms with E-state index in [0.717, 1.165) is 11.6 Å². The zero-order valence-electron chi connectivity index (χ0n) is 10.6. The molecule has 2 fully saturated rings. The summed E-state index contributed by atoms with van der Waals surface area (Å²) in [4.78, 5) is 0. The van der Waals surface area contributed by atoms with Crippen molar-refractivity contribution in [2.24, 2.45) is 5.73 Å². The lowest BCUT2D eigenvalue weighted by Gasteiger charge is -2.24. The van der Waals surface area contributed by atoms with Gasteiger partial charge in [-0.05, 0) is 60.3 Å². The molecule has 0 aromatic heterocycles. The van der Waals surface area contributed by atoms with E-state index in [2.05, 4.69) is 30.0 Å². The number of hydrogen-bond donors (Lipinski definition) is 1. The molecular weight excluding hydrogens is 262 g/mol. The first-order chi connectivity index (χ1) is 8.75. The van der Waals surface area contributed by atoms with Crippen molar-refractivity contribution in [2.75, 3.05) is 18.1 Å². The number of hydrogen-bond acceptors (Lipinski definition) is 2. The Morgan fingerprint density at radius 1 is 1.28 bits per heavy atom. The highest BCUT2D eigenvalue weighted by atomic mass is 35.5. The van der Waals surface area contributed by atoms with Crippen molar-refractivity contribution in [3.8, 4) is 0 Å². The molecule has 1 heterocycles. The van der Waals surface area contributed by atoms with Crippen LogP contribution in [0, 0.1) is 0 Å². The number of rotatable bonds is 3. The molecule has 18 heavy (non-hydrogen) atoms. The zero-order chi connectivity index (χ0) is 12.6. The Kier molecular flexibility index (Phi) is 3.61. The average molecular weight is 282 g/mol. The van der Waals surface area contributed by atoms with Gasteiger partial charge in [-0.2, -0.15) is 11.8 Å². The summed E-state index contributed by atoms with van der Waals surface area (Å²) >= 11 is 8.57. The van der Waals surface area contributed by atoms with Gasteiger partial charge >= 0.3 is 0 Å². The summed E-state index contributed by atoms with van der Waals surface area (Å²) in [6, 6.07) is 6.70. The van der Waals surface area contributed by atoms with Crippen molar-refractivity contribution in [3.05, 3.63) is 34.3 Å². The van der Waals surface area contributed by atoms with Crippen LogP contribution in [0.5, 0.6) is 0 Å². The number of nitrogens with two attached hydrogens (primary N) is 1. The van der Waals surface area contributed by atoms with Gasteiger partial charge in [0.2, 0.25) is 0 Å². The molecular formula is C15H20ClNS. The molecule has 1 saturated carbocycles. The first-order valence-electron chi connectivity index (χ1n) is 6.83. The van der Waals surface area contributed by atoms with Gasteiger partial charge in [-0.25, -0.2) is 0 Å². The van der Waals surface area contributed by atoms with Crippen LogP contribution in [0.15, 0.2) is 18.2 Å². The minimum Gasteiger partial charge on any atom is -0.330 e. The third kappa shape index (κ3) is 2.31. The first kappa shape index (κ1) is 12.8. The van der Waals surface area contributed by atoms with E-state index in [9.17, 15) is 0 Å². The van der Waals surface area contributed by atoms with Gasteiger partial charge in [0.1, 0.15) is 0 Å². The van der Waals surface area contributed by atoms with E-state index in [1.165, 1.54) is 48.3 Å². The van der Waals surface area contributed by atoms with Crippen LogP contribution < -0.4 is 5.73 Å². The quantitative estimate of drug-likeness (QED) is 0.908. The molecule has 1 aliphatic heterocycles. The number of halogens is 1. The summed E-state index contributed by atoms with van der Waals surface area (Å²) in [5.74, 6) is 3.21. The average Bonchev–Trinajstić information content (AvgIpc) is 3.21. The molecule has 98 valence electrons. The summed E-state index contributed by atoms with van der Waals surface area (Å²) in [6.45, 7) is 0.753. The van der Waals surface area contributed by atoms with Gasteiger partial charge < -0.3 is 5.73 Å². The Labute approximate surface area is 118 Å². The maximum absolute atomic E-state index is 6.51. The van der Waals surface area contributed by atoms with E-state index in [-0.39, 0.29) is 5.41 Å². The predicted octanol–water partition coefficient (Wildman–Crippen LogP) is 3.94. The number of benzene rings is 1. The molecule has 2 aliphatic rings. The minimum atomic E-state index is 0.255. The van der Waals surface area contributed by atoms with Crippen LogP contribution >= 0.6 is 23.4 Å². The summed E-state index contributed by atoms with van der Waals surface area (Å²) in [5, 5.41) is 0.962. The molecule has 0 bridgehead atoms. The summed E-state index contributed by atoms with van der Waals surface area (Å²) in [7, 11) is 0. The molecule has 0 unspecified atom stereocenters. The van der Waals surface area contributed by atoms with Gasteiger partial charge in [0.25, 0.3) is 0 Å². The molecule has 0 radical (unpaired) electrons. The third-order valence-corrected chi connectivity index (χ3v) is 5.89. The topological polar surface area (TPSA) is 26.0 Å². The van der Waals surface area contributed by atoms with E-state index >= 15 is 0 Å². The highest BCUT2D eigenvalue weighted by Gasteiger charge is 2.43. The van der Waals surface area contributed by atoms with E-state index in [0.29, 0.717) is 5.92 Å². The van der Waals surface area contributed by atoms with E-state index < -0.39 is 0 Å². The highest BCUT2D eigenvalue weighted by Crippen LogP contribution is 2.48. The largest absolute Gasteiger partial charge is 0.330 e. The molecule has 0 amide bonds. The van der Waals surface area contributed by atoms with Crippen molar-refractivity contribution in [3.63, 3.8) is 0 Å². The second-order valence-corrected chi connectivity index (χ2v) is 7.24. The van der Waals surface area contributed by atoms with Crippen LogP contribution in [0.3, 0.4) is 0 Å². The monoisotopic (exact) mass is 281 g/mol. The minimum absolute atomic E-state index is 0.255. The van der Waals surface area contributed by atoms with Gasteiger partial charge in [-0.3, -0.25) is 0 Å². The Bertz CT molecular complexity index is 436. The van der Waals surface area contributed by atoms with Crippen LogP contribution in [-0.2, 0) is 5.41 Å². The fraction of sp³-hybridized carbons (Fsp3) is 0.600. The maximum Gasteiger partial charge on any atom is 0.0443 e. The van der Waals surface area contributed by atoms with Crippen LogP contribution in [0.25, 0.3) is 0 Å². The van der Waals surface area contributed by atoms with Crippen molar-refractivity contribution < 1.29 is 0 Å². The maximum atomic E-state index is 6.51. The van der Waals surface area contributed by atoms with Crippen molar-refractivity contribution in [1.29, 1.82) is 0 Å². The van der Waals surface area contributed by atoms with Gasteiger partial charge in [0.15, 0.2) is 0 Å². The van der Waals surface area contributed by atoms with Gasteiger partial charge in [0, 0.05) is 17.0 Å². The Morgan fingerprint density at radius 3 is 2.56 bits per heavy atom. The smallest absolute Gasteiger partial charge is 0.0443 e. The highest BCUT2D eigenvalue weighted by molar-refractivity contribution is 7.99. The molecule has 1 saturated heterocycles. The summed E-state index contributed by atoms with van der Waals surface area (Å²) < 4.78 is 0. The van der Waals surface area contributed by atoms with Crippen molar-refractivity contribution in [2.45, 2.75) is 37.0 Å². The fourth-order valence-electron chi connectivity index (χ4n) is 2.96. The Morgan fingerprint density at radius 2 is 2.00 bits per heavy atom. The van der Waals surface area contributed by atoms with Gasteiger partial charge in [-0.1, -0.05) is 23.7 Å². The lowest BCUT2D eigenvalue weighted by Crippen LogP contribution is -2.20. The van der Waals surface area contributed by atoms with E-state index in [1.807, 2.05) is 0 Å². The van der Waals surface area contributed by atoms with Gasteiger partial charge in [0.05, 0.1) is 0 Å². The molecule has 1 aromatic rings. The lowest BCUT2D eigenvalue weighted by atomic mass is 9.89. The van der Waals surface area contributed by atoms with Crippen LogP contribution in [0.4, 0.5) is 0 Å². The predicted molar refractivity (Wildman–Crippen MR) is 80.7 cm³/mol. The third-order valence-electron chi connectivity index (χ3n) is 4.52. The van der Waals surface area contributed by atoms with Crippen molar-refractivity contribution in [1.82, 2.24) is 0 Å². The molecule has 3 heteroatoms. The number of thioether (sulfide) groups is 1. The molecule has 0 spiro atoms. The summed E-state index contributed by atoms with van der Waals surface area (Å²) in [6.07, 6.45) is 4.98. The van der Waals surface area contributed by atoms with Crippen molar-refractivity contribution >= 4 is 23.4 Å². The molecule has 2 N–H and O–H groups in total. The Balaban J connectivity index is 1.84. The second-order valence-electron chi connectivity index (χ2n) is 5.61. The Hall–Kier alpha value is -0.180. The molecule has 1 aromatic carbocycles. The first-order valence-corrected chi connectivity index (χ1v) is 8.36. The summed E-state index contributed by atoms with van der Waals surface area (Å²) in [5.41, 5.74) is 8.85. The van der Waals surface area contributed by atoms with E-state index in [1.54, 1.807) is 0 Å². The standard InChI is InChI=1S/C15H20ClNS/c16-14-9-12(15(10-17)5-6-15)1-2-13(14)11-3-7-18-8-4-11/h1-2,9,11H,3-8,10,17H2. The molecule has 1 nitrogen and oxygen atoms in total. The molecule has 3 rings (SSSR count). The van der Waals surface area contributed by atoms with E-state index in [4.69, 9.17) is 17.3 Å². The SMILES string of the molecule is NCC1(c2ccc(C3CCSCC3)c(Cl)c2)CC1. The normalized spacial score (nSPS) is 23.0. The van der Waals surface area contributed by atoms with Crippen LogP contribution in [-0.4, -0.2) is 18.1 Å². The van der Waals surface area contributed by atoms with Crippen LogP contribution in [0.2, 0.25) is 5.02 Å². The molecule has 0 atom stereocenters. The lowest BCUT2D eigenvalue weighted by molar-refractivity contribution is 0.635. The molecule has 1 aliphatic carbocycles. The van der Waals surface area contributed by atoms with Crippen LogP contribution in [0.1, 0.15) is 42.7 Å². The second kappa shape index (κ2) is 5.07.